The lowest BCUT2D eigenvalue weighted by Gasteiger charge is -2.05. The number of rotatable bonds is 6. The second kappa shape index (κ2) is 7.50. The number of thiophene rings is 1. The van der Waals surface area contributed by atoms with Gasteiger partial charge in [-0.05, 0) is 40.9 Å². The van der Waals surface area contributed by atoms with Crippen molar-refractivity contribution in [3.05, 3.63) is 70.4 Å². The van der Waals surface area contributed by atoms with Crippen LogP contribution in [0.1, 0.15) is 16.3 Å². The number of carbonyl (C=O) groups excluding carboxylic acids is 1. The minimum atomic E-state index is -0.0681. The average molecular weight is 379 g/mol. The molecule has 3 aromatic heterocycles. The summed E-state index contributed by atoms with van der Waals surface area (Å²) in [4.78, 5) is 13.1. The molecule has 9 heteroatoms. The third kappa shape index (κ3) is 4.09. The second-order valence-corrected chi connectivity index (χ2v) is 7.11. The molecule has 0 aliphatic heterocycles. The van der Waals surface area contributed by atoms with Gasteiger partial charge in [0.1, 0.15) is 6.54 Å². The molecular formula is C18H17N7OS. The monoisotopic (exact) mass is 379 g/mol. The Balaban J connectivity index is 1.43. The van der Waals surface area contributed by atoms with Crippen LogP contribution in [0.2, 0.25) is 0 Å². The molecule has 4 rings (SSSR count). The Morgan fingerprint density at radius 1 is 1.22 bits per heavy atom. The molecule has 0 aliphatic rings. The van der Waals surface area contributed by atoms with E-state index in [1.807, 2.05) is 48.7 Å². The summed E-state index contributed by atoms with van der Waals surface area (Å²) in [5.74, 6) is 0.583. The zero-order chi connectivity index (χ0) is 18.6. The van der Waals surface area contributed by atoms with E-state index >= 15 is 0 Å². The highest BCUT2D eigenvalue weighted by Crippen LogP contribution is 2.13. The molecule has 0 aliphatic carbocycles. The third-order valence-electron chi connectivity index (χ3n) is 3.95. The van der Waals surface area contributed by atoms with Gasteiger partial charge in [0.2, 0.25) is 5.91 Å². The maximum atomic E-state index is 12.1. The first kappa shape index (κ1) is 17.1. The zero-order valence-electron chi connectivity index (χ0n) is 14.6. The number of tetrazole rings is 1. The van der Waals surface area contributed by atoms with E-state index in [0.29, 0.717) is 24.5 Å². The van der Waals surface area contributed by atoms with E-state index in [9.17, 15) is 4.79 Å². The summed E-state index contributed by atoms with van der Waals surface area (Å²) in [6, 6.07) is 11.8. The fourth-order valence-corrected chi connectivity index (χ4v) is 3.33. The van der Waals surface area contributed by atoms with Crippen molar-refractivity contribution in [3.63, 3.8) is 0 Å². The summed E-state index contributed by atoms with van der Waals surface area (Å²) in [5.41, 5.74) is 2.70. The molecule has 0 radical (unpaired) electrons. The summed E-state index contributed by atoms with van der Waals surface area (Å²) < 4.78 is 3.37. The Labute approximate surface area is 159 Å². The molecule has 27 heavy (non-hydrogen) atoms. The SMILES string of the molecule is Cc1ccc(-n2nnnc2Cn2cc(NC(=O)Cc3cccs3)cn2)cc1. The molecule has 4 aromatic rings. The number of aromatic nitrogens is 6. The van der Waals surface area contributed by atoms with Crippen molar-refractivity contribution in [1.82, 2.24) is 30.0 Å². The van der Waals surface area contributed by atoms with E-state index in [0.717, 1.165) is 10.6 Å². The number of aryl methyl sites for hydroxylation is 1. The van der Waals surface area contributed by atoms with Crippen molar-refractivity contribution in [2.24, 2.45) is 0 Å². The maximum Gasteiger partial charge on any atom is 0.229 e. The van der Waals surface area contributed by atoms with Gasteiger partial charge in [-0.15, -0.1) is 16.4 Å². The molecular weight excluding hydrogens is 362 g/mol. The van der Waals surface area contributed by atoms with Gasteiger partial charge < -0.3 is 5.32 Å². The van der Waals surface area contributed by atoms with Crippen molar-refractivity contribution >= 4 is 22.9 Å². The van der Waals surface area contributed by atoms with Crippen LogP contribution >= 0.6 is 11.3 Å². The van der Waals surface area contributed by atoms with Crippen LogP contribution in [0.3, 0.4) is 0 Å². The molecule has 0 fully saturated rings. The van der Waals surface area contributed by atoms with Gasteiger partial charge in [0.15, 0.2) is 5.82 Å². The largest absolute Gasteiger partial charge is 0.323 e. The minimum Gasteiger partial charge on any atom is -0.323 e. The van der Waals surface area contributed by atoms with Gasteiger partial charge in [0.25, 0.3) is 0 Å². The Hall–Kier alpha value is -3.33. The minimum absolute atomic E-state index is 0.0681. The van der Waals surface area contributed by atoms with Crippen molar-refractivity contribution in [2.45, 2.75) is 19.9 Å². The fourth-order valence-electron chi connectivity index (χ4n) is 2.63. The number of nitrogens with one attached hydrogen (secondary N) is 1. The number of hydrogen-bond donors (Lipinski definition) is 1. The van der Waals surface area contributed by atoms with E-state index < -0.39 is 0 Å². The number of benzene rings is 1. The maximum absolute atomic E-state index is 12.1. The van der Waals surface area contributed by atoms with Gasteiger partial charge in [-0.3, -0.25) is 9.48 Å². The molecule has 136 valence electrons. The van der Waals surface area contributed by atoms with E-state index in [2.05, 4.69) is 25.9 Å². The molecule has 0 saturated carbocycles. The molecule has 1 N–H and O–H groups in total. The van der Waals surface area contributed by atoms with E-state index in [1.165, 1.54) is 5.56 Å². The van der Waals surface area contributed by atoms with E-state index in [-0.39, 0.29) is 5.91 Å². The van der Waals surface area contributed by atoms with Gasteiger partial charge in [-0.25, -0.2) is 0 Å². The quantitative estimate of drug-likeness (QED) is 0.556. The van der Waals surface area contributed by atoms with Crippen LogP contribution in [0.15, 0.2) is 54.2 Å². The molecule has 0 bridgehead atoms. The van der Waals surface area contributed by atoms with Crippen LogP contribution in [0.25, 0.3) is 5.69 Å². The Morgan fingerprint density at radius 2 is 2.07 bits per heavy atom. The summed E-state index contributed by atoms with van der Waals surface area (Å²) in [6.45, 7) is 2.42. The fraction of sp³-hybridized carbons (Fsp3) is 0.167. The van der Waals surface area contributed by atoms with Gasteiger partial charge >= 0.3 is 0 Å². The Morgan fingerprint density at radius 3 is 2.85 bits per heavy atom. The number of carbonyl (C=O) groups is 1. The lowest BCUT2D eigenvalue weighted by Crippen LogP contribution is -2.13. The predicted molar refractivity (Wildman–Crippen MR) is 102 cm³/mol. The van der Waals surface area contributed by atoms with Gasteiger partial charge in [-0.2, -0.15) is 9.78 Å². The summed E-state index contributed by atoms with van der Waals surface area (Å²) in [7, 11) is 0. The summed E-state index contributed by atoms with van der Waals surface area (Å²) in [6.07, 6.45) is 3.74. The molecule has 0 unspecified atom stereocenters. The molecule has 0 spiro atoms. The summed E-state index contributed by atoms with van der Waals surface area (Å²) >= 11 is 1.56. The zero-order valence-corrected chi connectivity index (χ0v) is 15.4. The highest BCUT2D eigenvalue weighted by atomic mass is 32.1. The van der Waals surface area contributed by atoms with Crippen molar-refractivity contribution in [1.29, 1.82) is 0 Å². The van der Waals surface area contributed by atoms with Gasteiger partial charge in [-0.1, -0.05) is 23.8 Å². The van der Waals surface area contributed by atoms with Gasteiger partial charge in [0.05, 0.1) is 24.0 Å². The summed E-state index contributed by atoms with van der Waals surface area (Å²) in [5, 5.41) is 21.0. The predicted octanol–water partition coefficient (Wildman–Crippen LogP) is 2.46. The molecule has 0 atom stereocenters. The highest BCUT2D eigenvalue weighted by Gasteiger charge is 2.11. The average Bonchev–Trinajstić information content (AvgIpc) is 3.39. The highest BCUT2D eigenvalue weighted by molar-refractivity contribution is 7.10. The van der Waals surface area contributed by atoms with Crippen LogP contribution in [-0.4, -0.2) is 35.9 Å². The molecule has 0 saturated heterocycles. The van der Waals surface area contributed by atoms with Crippen LogP contribution < -0.4 is 5.32 Å². The van der Waals surface area contributed by atoms with Crippen molar-refractivity contribution < 1.29 is 4.79 Å². The number of hydrogen-bond acceptors (Lipinski definition) is 6. The molecule has 1 aromatic carbocycles. The first-order chi connectivity index (χ1) is 13.2. The van der Waals surface area contributed by atoms with Crippen LogP contribution in [0, 0.1) is 6.92 Å². The normalized spacial score (nSPS) is 10.9. The van der Waals surface area contributed by atoms with E-state index in [1.54, 1.807) is 33.1 Å². The van der Waals surface area contributed by atoms with Crippen molar-refractivity contribution in [3.8, 4) is 5.69 Å². The van der Waals surface area contributed by atoms with Crippen LogP contribution in [0.4, 0.5) is 5.69 Å². The molecule has 8 nitrogen and oxygen atoms in total. The molecule has 1 amide bonds. The van der Waals surface area contributed by atoms with Gasteiger partial charge in [0, 0.05) is 11.1 Å². The Bertz CT molecular complexity index is 1030. The van der Waals surface area contributed by atoms with Crippen molar-refractivity contribution in [2.75, 3.05) is 5.32 Å². The molecule has 3 heterocycles. The van der Waals surface area contributed by atoms with Crippen LogP contribution in [0.5, 0.6) is 0 Å². The number of anilines is 1. The smallest absolute Gasteiger partial charge is 0.229 e. The Kier molecular flexibility index (Phi) is 4.75. The van der Waals surface area contributed by atoms with Crippen LogP contribution in [-0.2, 0) is 17.8 Å². The number of amides is 1. The lowest BCUT2D eigenvalue weighted by molar-refractivity contribution is -0.115. The topological polar surface area (TPSA) is 90.5 Å². The second-order valence-electron chi connectivity index (χ2n) is 6.07. The number of nitrogens with zero attached hydrogens (tertiary/aromatic N) is 6. The third-order valence-corrected chi connectivity index (χ3v) is 4.82. The standard InChI is InChI=1S/C18H17N7OS/c1-13-4-6-15(7-5-13)25-17(21-22-23-25)12-24-11-14(10-19-24)20-18(26)9-16-3-2-8-27-16/h2-8,10-11H,9,12H2,1H3,(H,20,26). The first-order valence-electron chi connectivity index (χ1n) is 8.36. The lowest BCUT2D eigenvalue weighted by atomic mass is 10.2. The van der Waals surface area contributed by atoms with E-state index in [4.69, 9.17) is 0 Å². The first-order valence-corrected chi connectivity index (χ1v) is 9.24.